The Kier molecular flexibility index (Phi) is 7.04. The SMILES string of the molecule is CC(C)NCCCC(=O)Nc1ccccc1SC(F)(F)F. The summed E-state index contributed by atoms with van der Waals surface area (Å²) in [5, 5.41) is 5.71. The fraction of sp³-hybridized carbons (Fsp3) is 0.500. The molecule has 1 aromatic rings. The summed E-state index contributed by atoms with van der Waals surface area (Å²) < 4.78 is 37.3. The second-order valence-electron chi connectivity index (χ2n) is 4.80. The van der Waals surface area contributed by atoms with Crippen molar-refractivity contribution in [2.24, 2.45) is 0 Å². The molecule has 1 aromatic carbocycles. The summed E-state index contributed by atoms with van der Waals surface area (Å²) in [5.74, 6) is -0.282. The van der Waals surface area contributed by atoms with Crippen LogP contribution in [0.1, 0.15) is 26.7 Å². The van der Waals surface area contributed by atoms with E-state index in [0.29, 0.717) is 19.0 Å². The zero-order valence-corrected chi connectivity index (χ0v) is 12.8. The van der Waals surface area contributed by atoms with E-state index in [0.717, 1.165) is 0 Å². The van der Waals surface area contributed by atoms with Crippen LogP contribution < -0.4 is 10.6 Å². The fourth-order valence-corrected chi connectivity index (χ4v) is 2.26. The minimum atomic E-state index is -4.37. The molecule has 3 nitrogen and oxygen atoms in total. The highest BCUT2D eigenvalue weighted by atomic mass is 32.2. The summed E-state index contributed by atoms with van der Waals surface area (Å²) in [6, 6.07) is 6.26. The number of carbonyl (C=O) groups excluding carboxylic acids is 1. The molecule has 0 spiro atoms. The first-order chi connectivity index (χ1) is 9.78. The van der Waals surface area contributed by atoms with Gasteiger partial charge in [-0.05, 0) is 36.9 Å². The maximum atomic E-state index is 12.4. The molecule has 0 aliphatic heterocycles. The van der Waals surface area contributed by atoms with E-state index in [2.05, 4.69) is 10.6 Å². The van der Waals surface area contributed by atoms with E-state index in [1.807, 2.05) is 13.8 Å². The van der Waals surface area contributed by atoms with Crippen LogP contribution in [0.15, 0.2) is 29.2 Å². The van der Waals surface area contributed by atoms with Crippen molar-refractivity contribution < 1.29 is 18.0 Å². The van der Waals surface area contributed by atoms with Crippen LogP contribution in [0.25, 0.3) is 0 Å². The van der Waals surface area contributed by atoms with Crippen molar-refractivity contribution in [3.8, 4) is 0 Å². The van der Waals surface area contributed by atoms with Crippen molar-refractivity contribution in [2.45, 2.75) is 43.1 Å². The van der Waals surface area contributed by atoms with Gasteiger partial charge in [-0.1, -0.05) is 26.0 Å². The van der Waals surface area contributed by atoms with Gasteiger partial charge in [0.05, 0.1) is 5.69 Å². The predicted molar refractivity (Wildman–Crippen MR) is 79.4 cm³/mol. The number of benzene rings is 1. The number of anilines is 1. The maximum absolute atomic E-state index is 12.4. The largest absolute Gasteiger partial charge is 0.446 e. The Morgan fingerprint density at radius 3 is 2.57 bits per heavy atom. The van der Waals surface area contributed by atoms with Crippen molar-refractivity contribution in [2.75, 3.05) is 11.9 Å². The number of alkyl halides is 3. The average molecular weight is 320 g/mol. The topological polar surface area (TPSA) is 41.1 Å². The first kappa shape index (κ1) is 17.8. The number of nitrogens with one attached hydrogen (secondary N) is 2. The van der Waals surface area contributed by atoms with Crippen LogP contribution in [0.4, 0.5) is 18.9 Å². The Labute approximate surface area is 126 Å². The Morgan fingerprint density at radius 2 is 1.95 bits per heavy atom. The van der Waals surface area contributed by atoms with E-state index in [-0.39, 0.29) is 34.7 Å². The number of para-hydroxylation sites is 1. The van der Waals surface area contributed by atoms with Gasteiger partial charge in [-0.25, -0.2) is 0 Å². The second-order valence-corrected chi connectivity index (χ2v) is 5.91. The molecule has 0 aliphatic rings. The monoisotopic (exact) mass is 320 g/mol. The second kappa shape index (κ2) is 8.29. The van der Waals surface area contributed by atoms with Crippen LogP contribution in [0.5, 0.6) is 0 Å². The quantitative estimate of drug-likeness (QED) is 0.589. The molecule has 0 atom stereocenters. The molecule has 2 N–H and O–H groups in total. The van der Waals surface area contributed by atoms with E-state index in [1.54, 1.807) is 6.07 Å². The Morgan fingerprint density at radius 1 is 1.29 bits per heavy atom. The molecule has 0 aromatic heterocycles. The number of rotatable bonds is 7. The molecule has 0 unspecified atom stereocenters. The highest BCUT2D eigenvalue weighted by Gasteiger charge is 2.30. The highest BCUT2D eigenvalue weighted by molar-refractivity contribution is 8.00. The number of amides is 1. The molecule has 0 aliphatic carbocycles. The number of thioether (sulfide) groups is 1. The lowest BCUT2D eigenvalue weighted by molar-refractivity contribution is -0.116. The average Bonchev–Trinajstić information content (AvgIpc) is 2.35. The molecule has 0 radical (unpaired) electrons. The number of carbonyl (C=O) groups is 1. The van der Waals surface area contributed by atoms with E-state index in [1.165, 1.54) is 18.2 Å². The third kappa shape index (κ3) is 7.96. The van der Waals surface area contributed by atoms with Crippen LogP contribution in [0, 0.1) is 0 Å². The molecule has 0 saturated carbocycles. The molecule has 118 valence electrons. The van der Waals surface area contributed by atoms with Crippen LogP contribution in [-0.2, 0) is 4.79 Å². The maximum Gasteiger partial charge on any atom is 0.446 e. The number of hydrogen-bond acceptors (Lipinski definition) is 3. The van der Waals surface area contributed by atoms with Gasteiger partial charge < -0.3 is 10.6 Å². The van der Waals surface area contributed by atoms with Gasteiger partial charge in [0.15, 0.2) is 0 Å². The fourth-order valence-electron chi connectivity index (χ4n) is 1.64. The van der Waals surface area contributed by atoms with Crippen molar-refractivity contribution in [1.82, 2.24) is 5.32 Å². The van der Waals surface area contributed by atoms with E-state index in [4.69, 9.17) is 0 Å². The van der Waals surface area contributed by atoms with Crippen LogP contribution in [-0.4, -0.2) is 24.0 Å². The van der Waals surface area contributed by atoms with Crippen LogP contribution >= 0.6 is 11.8 Å². The minimum Gasteiger partial charge on any atom is -0.325 e. The molecular weight excluding hydrogens is 301 g/mol. The highest BCUT2D eigenvalue weighted by Crippen LogP contribution is 2.40. The summed E-state index contributed by atoms with van der Waals surface area (Å²) >= 11 is -0.225. The van der Waals surface area contributed by atoms with Gasteiger partial charge in [0.1, 0.15) is 0 Å². The molecule has 0 fully saturated rings. The van der Waals surface area contributed by atoms with Crippen molar-refractivity contribution in [1.29, 1.82) is 0 Å². The van der Waals surface area contributed by atoms with Crippen molar-refractivity contribution in [3.63, 3.8) is 0 Å². The molecule has 0 bridgehead atoms. The molecule has 1 amide bonds. The zero-order valence-electron chi connectivity index (χ0n) is 12.0. The van der Waals surface area contributed by atoms with Crippen molar-refractivity contribution in [3.05, 3.63) is 24.3 Å². The standard InChI is InChI=1S/C14H19F3N2OS/c1-10(2)18-9-5-8-13(20)19-11-6-3-4-7-12(11)21-14(15,16)17/h3-4,6-7,10,18H,5,8-9H2,1-2H3,(H,19,20). The summed E-state index contributed by atoms with van der Waals surface area (Å²) in [4.78, 5) is 11.7. The summed E-state index contributed by atoms with van der Waals surface area (Å²) in [7, 11) is 0. The van der Waals surface area contributed by atoms with E-state index < -0.39 is 5.51 Å². The van der Waals surface area contributed by atoms with Gasteiger partial charge in [-0.2, -0.15) is 13.2 Å². The third-order valence-electron chi connectivity index (χ3n) is 2.52. The Hall–Kier alpha value is -1.21. The van der Waals surface area contributed by atoms with Gasteiger partial charge in [-0.3, -0.25) is 4.79 Å². The zero-order chi connectivity index (χ0) is 15.9. The van der Waals surface area contributed by atoms with E-state index >= 15 is 0 Å². The molecule has 1 rings (SSSR count). The molecule has 7 heteroatoms. The lowest BCUT2D eigenvalue weighted by atomic mass is 10.2. The molecule has 0 heterocycles. The summed E-state index contributed by atoms with van der Waals surface area (Å²) in [6.45, 7) is 4.71. The molecular formula is C14H19F3N2OS. The normalized spacial score (nSPS) is 11.7. The van der Waals surface area contributed by atoms with Gasteiger partial charge in [0, 0.05) is 17.4 Å². The number of hydrogen-bond donors (Lipinski definition) is 2. The van der Waals surface area contributed by atoms with Gasteiger partial charge in [0.25, 0.3) is 0 Å². The number of halogens is 3. The summed E-state index contributed by atoms with van der Waals surface area (Å²) in [6.07, 6.45) is 0.906. The van der Waals surface area contributed by atoms with E-state index in [9.17, 15) is 18.0 Å². The van der Waals surface area contributed by atoms with Gasteiger partial charge in [-0.15, -0.1) is 0 Å². The minimum absolute atomic E-state index is 0.00124. The lowest BCUT2D eigenvalue weighted by Gasteiger charge is -2.12. The van der Waals surface area contributed by atoms with Gasteiger partial charge >= 0.3 is 5.51 Å². The molecule has 21 heavy (non-hydrogen) atoms. The van der Waals surface area contributed by atoms with Crippen LogP contribution in [0.2, 0.25) is 0 Å². The van der Waals surface area contributed by atoms with Crippen LogP contribution in [0.3, 0.4) is 0 Å². The van der Waals surface area contributed by atoms with Gasteiger partial charge in [0.2, 0.25) is 5.91 Å². The predicted octanol–water partition coefficient (Wildman–Crippen LogP) is 4.02. The third-order valence-corrected chi connectivity index (χ3v) is 3.33. The summed E-state index contributed by atoms with van der Waals surface area (Å²) in [5.41, 5.74) is -4.18. The van der Waals surface area contributed by atoms with Crippen molar-refractivity contribution >= 4 is 23.4 Å². The molecule has 0 saturated heterocycles. The first-order valence-corrected chi connectivity index (χ1v) is 7.47. The first-order valence-electron chi connectivity index (χ1n) is 6.66. The smallest absolute Gasteiger partial charge is 0.325 e. The Bertz CT molecular complexity index is 464. The Balaban J connectivity index is 2.52. The lowest BCUT2D eigenvalue weighted by Crippen LogP contribution is -2.24.